The van der Waals surface area contributed by atoms with Gasteiger partial charge in [0.15, 0.2) is 5.41 Å². The number of nitriles is 3. The van der Waals surface area contributed by atoms with Gasteiger partial charge in [0.1, 0.15) is 17.1 Å². The van der Waals surface area contributed by atoms with Crippen molar-refractivity contribution in [2.75, 3.05) is 26.2 Å². The van der Waals surface area contributed by atoms with E-state index in [1.54, 1.807) is 52.5 Å². The van der Waals surface area contributed by atoms with E-state index in [4.69, 9.17) is 14.9 Å². The van der Waals surface area contributed by atoms with E-state index in [9.17, 15) is 25.4 Å². The number of rotatable bonds is 0. The molecule has 3 rings (SSSR count). The minimum Gasteiger partial charge on any atom is -0.444 e. The SMILES string of the molecule is CC(C)(C)OC(=O)N1CCC2(CC1)C1CN(C(=O)OC(C)(C)C)CC=C1C(C#N)C(=N)C2(C#N)C#N. The van der Waals surface area contributed by atoms with E-state index in [1.807, 2.05) is 0 Å². The van der Waals surface area contributed by atoms with Gasteiger partial charge in [-0.25, -0.2) is 9.59 Å². The number of hydrogen-bond acceptors (Lipinski definition) is 8. The number of hydrogen-bond donors (Lipinski definition) is 1. The van der Waals surface area contributed by atoms with Crippen LogP contribution in [0.3, 0.4) is 0 Å². The van der Waals surface area contributed by atoms with Gasteiger partial charge in [-0.1, -0.05) is 6.08 Å². The molecule has 192 valence electrons. The van der Waals surface area contributed by atoms with Crippen molar-refractivity contribution in [2.45, 2.75) is 65.6 Å². The maximum absolute atomic E-state index is 12.9. The quantitative estimate of drug-likeness (QED) is 0.499. The average Bonchev–Trinajstić information content (AvgIpc) is 2.78. The molecule has 1 saturated carbocycles. The highest BCUT2D eigenvalue weighted by atomic mass is 16.6. The molecule has 0 radical (unpaired) electrons. The maximum Gasteiger partial charge on any atom is 0.410 e. The van der Waals surface area contributed by atoms with E-state index >= 15 is 0 Å². The zero-order valence-electron chi connectivity index (χ0n) is 21.8. The predicted molar refractivity (Wildman–Crippen MR) is 129 cm³/mol. The highest BCUT2D eigenvalue weighted by molar-refractivity contribution is 6.00. The average molecular weight is 495 g/mol. The molecule has 2 aliphatic heterocycles. The Morgan fingerprint density at radius 1 is 0.972 bits per heavy atom. The van der Waals surface area contributed by atoms with Crippen LogP contribution in [0.1, 0.15) is 54.4 Å². The molecule has 0 aromatic rings. The van der Waals surface area contributed by atoms with Crippen molar-refractivity contribution in [1.29, 1.82) is 21.2 Å². The number of carbonyl (C=O) groups is 2. The van der Waals surface area contributed by atoms with Gasteiger partial charge >= 0.3 is 12.2 Å². The second kappa shape index (κ2) is 9.13. The van der Waals surface area contributed by atoms with Crippen LogP contribution in [-0.4, -0.2) is 65.1 Å². The van der Waals surface area contributed by atoms with Crippen molar-refractivity contribution in [3.8, 4) is 18.2 Å². The molecule has 2 atom stereocenters. The van der Waals surface area contributed by atoms with Gasteiger partial charge < -0.3 is 24.7 Å². The first-order valence-electron chi connectivity index (χ1n) is 12.1. The molecule has 2 amide bonds. The molecular weight excluding hydrogens is 460 g/mol. The summed E-state index contributed by atoms with van der Waals surface area (Å²) >= 11 is 0. The van der Waals surface area contributed by atoms with Gasteiger partial charge in [0.25, 0.3) is 0 Å². The predicted octanol–water partition coefficient (Wildman–Crippen LogP) is 4.00. The molecule has 10 heteroatoms. The second-order valence-corrected chi connectivity index (χ2v) is 11.7. The summed E-state index contributed by atoms with van der Waals surface area (Å²) in [5.74, 6) is -1.54. The van der Waals surface area contributed by atoms with Crippen molar-refractivity contribution in [2.24, 2.45) is 22.7 Å². The molecule has 1 aliphatic carbocycles. The Bertz CT molecular complexity index is 1090. The van der Waals surface area contributed by atoms with Crippen molar-refractivity contribution < 1.29 is 19.1 Å². The molecule has 2 heterocycles. The summed E-state index contributed by atoms with van der Waals surface area (Å²) in [7, 11) is 0. The van der Waals surface area contributed by atoms with Gasteiger partial charge in [-0.2, -0.15) is 15.8 Å². The normalized spacial score (nSPS) is 25.0. The fraction of sp³-hybridized carbons (Fsp3) is 0.692. The third kappa shape index (κ3) is 4.51. The molecule has 1 saturated heterocycles. The van der Waals surface area contributed by atoms with Crippen LogP contribution in [0, 0.1) is 62.1 Å². The van der Waals surface area contributed by atoms with Gasteiger partial charge in [-0.3, -0.25) is 0 Å². The molecule has 0 bridgehead atoms. The van der Waals surface area contributed by atoms with Crippen LogP contribution in [0.4, 0.5) is 9.59 Å². The van der Waals surface area contributed by atoms with Crippen LogP contribution < -0.4 is 0 Å². The van der Waals surface area contributed by atoms with Crippen LogP contribution in [0.5, 0.6) is 0 Å². The summed E-state index contributed by atoms with van der Waals surface area (Å²) in [4.78, 5) is 28.7. The lowest BCUT2D eigenvalue weighted by atomic mass is 9.44. The second-order valence-electron chi connectivity index (χ2n) is 11.7. The third-order valence-electron chi connectivity index (χ3n) is 7.22. The third-order valence-corrected chi connectivity index (χ3v) is 7.22. The van der Waals surface area contributed by atoms with Crippen LogP contribution in [0.15, 0.2) is 11.6 Å². The van der Waals surface area contributed by atoms with E-state index in [-0.39, 0.29) is 44.7 Å². The molecule has 1 N–H and O–H groups in total. The van der Waals surface area contributed by atoms with Crippen molar-refractivity contribution in [1.82, 2.24) is 9.80 Å². The topological polar surface area (TPSA) is 154 Å². The van der Waals surface area contributed by atoms with Crippen LogP contribution in [0.2, 0.25) is 0 Å². The van der Waals surface area contributed by atoms with E-state index in [1.165, 1.54) is 4.90 Å². The van der Waals surface area contributed by atoms with E-state index < -0.39 is 46.1 Å². The first-order valence-corrected chi connectivity index (χ1v) is 12.1. The Kier molecular flexibility index (Phi) is 6.85. The summed E-state index contributed by atoms with van der Waals surface area (Å²) in [6.45, 7) is 11.5. The van der Waals surface area contributed by atoms with Crippen LogP contribution >= 0.6 is 0 Å². The smallest absolute Gasteiger partial charge is 0.410 e. The summed E-state index contributed by atoms with van der Waals surface area (Å²) in [5.41, 5.74) is -3.87. The monoisotopic (exact) mass is 494 g/mol. The highest BCUT2D eigenvalue weighted by Gasteiger charge is 2.67. The first-order chi connectivity index (χ1) is 16.6. The highest BCUT2D eigenvalue weighted by Crippen LogP contribution is 2.61. The van der Waals surface area contributed by atoms with Gasteiger partial charge in [-0.05, 0) is 60.0 Å². The molecule has 1 spiro atoms. The molecule has 2 unspecified atom stereocenters. The van der Waals surface area contributed by atoms with E-state index in [0.29, 0.717) is 5.57 Å². The summed E-state index contributed by atoms with van der Waals surface area (Å²) < 4.78 is 11.1. The molecule has 2 fully saturated rings. The zero-order chi connectivity index (χ0) is 27.1. The molecule has 10 nitrogen and oxygen atoms in total. The van der Waals surface area contributed by atoms with Gasteiger partial charge in [0.2, 0.25) is 0 Å². The standard InChI is InChI=1S/C26H34N6O4/c1-23(2,3)35-21(33)31-11-8-25(9-12-31)19-14-32(22(34)36-24(4,5)6)10-7-17(19)18(13-27)20(30)26(25,15-28)16-29/h7,18-19,30H,8-12,14H2,1-6H3. The minimum atomic E-state index is -1.87. The lowest BCUT2D eigenvalue weighted by molar-refractivity contribution is -0.0264. The van der Waals surface area contributed by atoms with Crippen molar-refractivity contribution >= 4 is 17.9 Å². The number of amides is 2. The lowest BCUT2D eigenvalue weighted by Gasteiger charge is -2.58. The lowest BCUT2D eigenvalue weighted by Crippen LogP contribution is -2.64. The Labute approximate surface area is 212 Å². The molecule has 3 aliphatic rings. The van der Waals surface area contributed by atoms with Gasteiger partial charge in [0.05, 0.1) is 23.9 Å². The largest absolute Gasteiger partial charge is 0.444 e. The zero-order valence-corrected chi connectivity index (χ0v) is 21.8. The Balaban J connectivity index is 2.04. The summed E-state index contributed by atoms with van der Waals surface area (Å²) in [5, 5.41) is 39.4. The number of piperidine rings is 1. The Morgan fingerprint density at radius 3 is 1.92 bits per heavy atom. The number of nitrogens with zero attached hydrogens (tertiary/aromatic N) is 5. The number of ether oxygens (including phenoxy) is 2. The Morgan fingerprint density at radius 2 is 1.47 bits per heavy atom. The van der Waals surface area contributed by atoms with Gasteiger partial charge in [-0.15, -0.1) is 0 Å². The van der Waals surface area contributed by atoms with Gasteiger partial charge in [0, 0.05) is 37.5 Å². The number of carbonyl (C=O) groups excluding carboxylic acids is 2. The minimum absolute atomic E-state index is 0.157. The van der Waals surface area contributed by atoms with Crippen LogP contribution in [0.25, 0.3) is 0 Å². The van der Waals surface area contributed by atoms with Crippen molar-refractivity contribution in [3.05, 3.63) is 11.6 Å². The number of nitrogens with one attached hydrogen (secondary N) is 1. The Hall–Kier alpha value is -3.58. The first kappa shape index (κ1) is 27.0. The molecule has 0 aromatic carbocycles. The summed E-state index contributed by atoms with van der Waals surface area (Å²) in [6, 6.07) is 6.33. The summed E-state index contributed by atoms with van der Waals surface area (Å²) in [6.07, 6.45) is 1.26. The fourth-order valence-corrected chi connectivity index (χ4v) is 5.60. The van der Waals surface area contributed by atoms with Crippen LogP contribution in [-0.2, 0) is 9.47 Å². The number of likely N-dealkylation sites (tertiary alicyclic amines) is 1. The molecule has 0 aromatic heterocycles. The molecular formula is C26H34N6O4. The van der Waals surface area contributed by atoms with E-state index in [0.717, 1.165) is 0 Å². The number of fused-ring (bicyclic) bond motifs is 2. The van der Waals surface area contributed by atoms with E-state index in [2.05, 4.69) is 18.2 Å². The fourth-order valence-electron chi connectivity index (χ4n) is 5.60. The maximum atomic E-state index is 12.9. The van der Waals surface area contributed by atoms with Crippen molar-refractivity contribution in [3.63, 3.8) is 0 Å². The molecule has 36 heavy (non-hydrogen) atoms.